The van der Waals surface area contributed by atoms with Gasteiger partial charge >= 0.3 is 0 Å². The molecule has 1 atom stereocenters. The molecule has 1 aromatic rings. The summed E-state index contributed by atoms with van der Waals surface area (Å²) < 4.78 is 0.739. The highest BCUT2D eigenvalue weighted by Gasteiger charge is 2.48. The van der Waals surface area contributed by atoms with Gasteiger partial charge in [0, 0.05) is 29.0 Å². The Balaban J connectivity index is 1.97. The summed E-state index contributed by atoms with van der Waals surface area (Å²) in [6.07, 6.45) is 5.57. The molecule has 4 nitrogen and oxygen atoms in total. The van der Waals surface area contributed by atoms with E-state index in [1.165, 1.54) is 0 Å². The molecule has 19 heavy (non-hydrogen) atoms. The Bertz CT molecular complexity index is 535. The fourth-order valence-corrected chi connectivity index (χ4v) is 3.63. The first-order valence-electron chi connectivity index (χ1n) is 6.55. The zero-order valence-electron chi connectivity index (χ0n) is 11.1. The second-order valence-electron chi connectivity index (χ2n) is 6.02. The number of fused-ring (bicyclic) bond motifs is 1. The first-order chi connectivity index (χ1) is 8.89. The van der Waals surface area contributed by atoms with Crippen molar-refractivity contribution < 1.29 is 9.90 Å². The number of nitrogens with zero attached hydrogens (tertiary/aromatic N) is 2. The lowest BCUT2D eigenvalue weighted by atomic mass is 9.93. The van der Waals surface area contributed by atoms with Gasteiger partial charge in [-0.3, -0.25) is 9.78 Å². The van der Waals surface area contributed by atoms with Crippen molar-refractivity contribution in [2.45, 2.75) is 44.9 Å². The van der Waals surface area contributed by atoms with E-state index in [1.54, 1.807) is 26.2 Å². The van der Waals surface area contributed by atoms with Crippen LogP contribution in [0.4, 0.5) is 0 Å². The fraction of sp³-hybridized carbons (Fsp3) is 0.571. The van der Waals surface area contributed by atoms with E-state index in [4.69, 9.17) is 0 Å². The highest BCUT2D eigenvalue weighted by molar-refractivity contribution is 9.10. The molecule has 1 fully saturated rings. The van der Waals surface area contributed by atoms with Crippen LogP contribution < -0.4 is 0 Å². The van der Waals surface area contributed by atoms with E-state index in [1.807, 2.05) is 4.90 Å². The van der Waals surface area contributed by atoms with Gasteiger partial charge in [-0.1, -0.05) is 0 Å². The summed E-state index contributed by atoms with van der Waals surface area (Å²) in [5.74, 6) is 0.424. The molecule has 1 N–H and O–H groups in total. The quantitative estimate of drug-likeness (QED) is 0.928. The molecule has 1 aliphatic heterocycles. The number of pyridine rings is 1. The average Bonchev–Trinajstić information content (AvgIpc) is 3.04. The van der Waals surface area contributed by atoms with Gasteiger partial charge in [-0.2, -0.15) is 0 Å². The van der Waals surface area contributed by atoms with E-state index in [2.05, 4.69) is 20.9 Å². The van der Waals surface area contributed by atoms with Gasteiger partial charge in [-0.15, -0.1) is 0 Å². The van der Waals surface area contributed by atoms with Crippen LogP contribution in [0.2, 0.25) is 0 Å². The standard InChI is InChI=1S/C14H17BrN2O2/c1-14(2,19)12(8-3-4-8)17-7-9-5-16-6-10(15)11(9)13(17)18/h5-6,8,12,19H,3-4,7H2,1-2H3/t12-/m1/s1. The number of amides is 1. The molecule has 5 heteroatoms. The number of rotatable bonds is 3. The third kappa shape index (κ3) is 2.19. The molecule has 0 unspecified atom stereocenters. The molecular formula is C14H17BrN2O2. The minimum absolute atomic E-state index is 0.00306. The minimum Gasteiger partial charge on any atom is -0.388 e. The van der Waals surface area contributed by atoms with E-state index in [0.717, 1.165) is 22.9 Å². The molecule has 1 saturated carbocycles. The van der Waals surface area contributed by atoms with Crippen molar-refractivity contribution in [1.82, 2.24) is 9.88 Å². The van der Waals surface area contributed by atoms with Gasteiger partial charge in [0.15, 0.2) is 0 Å². The van der Waals surface area contributed by atoms with Crippen molar-refractivity contribution in [2.75, 3.05) is 0 Å². The number of carbonyl (C=O) groups excluding carboxylic acids is 1. The van der Waals surface area contributed by atoms with E-state index in [-0.39, 0.29) is 11.9 Å². The first-order valence-corrected chi connectivity index (χ1v) is 7.34. The van der Waals surface area contributed by atoms with Crippen LogP contribution in [0, 0.1) is 5.92 Å². The molecule has 1 aromatic heterocycles. The van der Waals surface area contributed by atoms with Crippen LogP contribution in [0.3, 0.4) is 0 Å². The van der Waals surface area contributed by atoms with E-state index >= 15 is 0 Å². The van der Waals surface area contributed by atoms with Crippen LogP contribution in [0.25, 0.3) is 0 Å². The molecule has 102 valence electrons. The van der Waals surface area contributed by atoms with Gasteiger partial charge in [0.05, 0.1) is 17.2 Å². The largest absolute Gasteiger partial charge is 0.388 e. The van der Waals surface area contributed by atoms with E-state index in [9.17, 15) is 9.90 Å². The predicted molar refractivity (Wildman–Crippen MR) is 74.6 cm³/mol. The summed E-state index contributed by atoms with van der Waals surface area (Å²) >= 11 is 3.39. The van der Waals surface area contributed by atoms with Crippen molar-refractivity contribution in [2.24, 2.45) is 5.92 Å². The molecule has 0 bridgehead atoms. The van der Waals surface area contributed by atoms with Crippen LogP contribution in [-0.2, 0) is 6.54 Å². The summed E-state index contributed by atoms with van der Waals surface area (Å²) in [6.45, 7) is 4.13. The SMILES string of the molecule is CC(C)(O)[C@@H](C1CC1)N1Cc2cncc(Br)c2C1=O. The Hall–Kier alpha value is -0.940. The third-order valence-corrected chi connectivity index (χ3v) is 4.52. The Labute approximate surface area is 121 Å². The molecule has 3 rings (SSSR count). The number of aliphatic hydroxyl groups is 1. The third-order valence-electron chi connectivity index (χ3n) is 3.92. The maximum Gasteiger partial charge on any atom is 0.256 e. The molecule has 1 amide bonds. The highest BCUT2D eigenvalue weighted by atomic mass is 79.9. The zero-order chi connectivity index (χ0) is 13.8. The average molecular weight is 325 g/mol. The van der Waals surface area contributed by atoms with Gasteiger partial charge in [0.2, 0.25) is 0 Å². The Morgan fingerprint density at radius 1 is 1.47 bits per heavy atom. The Kier molecular flexibility index (Phi) is 2.94. The monoisotopic (exact) mass is 324 g/mol. The maximum atomic E-state index is 12.6. The summed E-state index contributed by atoms with van der Waals surface area (Å²) in [5, 5.41) is 10.4. The van der Waals surface area contributed by atoms with Crippen molar-refractivity contribution in [3.63, 3.8) is 0 Å². The normalized spacial score (nSPS) is 20.6. The maximum absolute atomic E-state index is 12.6. The van der Waals surface area contributed by atoms with Crippen molar-refractivity contribution in [3.05, 3.63) is 28.0 Å². The molecule has 0 radical (unpaired) electrons. The van der Waals surface area contributed by atoms with Crippen LogP contribution in [-0.4, -0.2) is 32.5 Å². The number of aromatic nitrogens is 1. The molecule has 0 saturated heterocycles. The van der Waals surface area contributed by atoms with Crippen LogP contribution in [0.15, 0.2) is 16.9 Å². The minimum atomic E-state index is -0.876. The Morgan fingerprint density at radius 3 is 2.68 bits per heavy atom. The Morgan fingerprint density at radius 2 is 2.16 bits per heavy atom. The molecule has 0 aromatic carbocycles. The summed E-state index contributed by atoms with van der Waals surface area (Å²) in [4.78, 5) is 18.5. The van der Waals surface area contributed by atoms with Crippen LogP contribution in [0.5, 0.6) is 0 Å². The van der Waals surface area contributed by atoms with Crippen molar-refractivity contribution in [1.29, 1.82) is 0 Å². The topological polar surface area (TPSA) is 53.4 Å². The first kappa shape index (κ1) is 13.1. The van der Waals surface area contributed by atoms with Gasteiger partial charge in [-0.25, -0.2) is 0 Å². The highest BCUT2D eigenvalue weighted by Crippen LogP contribution is 2.43. The number of hydrogen-bond acceptors (Lipinski definition) is 3. The summed E-state index contributed by atoms with van der Waals surface area (Å²) in [5.41, 5.74) is 0.762. The van der Waals surface area contributed by atoms with Gasteiger partial charge < -0.3 is 10.0 Å². The molecule has 1 aliphatic carbocycles. The summed E-state index contributed by atoms with van der Waals surface area (Å²) in [7, 11) is 0. The van der Waals surface area contributed by atoms with E-state index in [0.29, 0.717) is 18.0 Å². The second kappa shape index (κ2) is 4.28. The fourth-order valence-electron chi connectivity index (χ4n) is 3.08. The molecular weight excluding hydrogens is 308 g/mol. The molecule has 0 spiro atoms. The molecule has 2 heterocycles. The van der Waals surface area contributed by atoms with Crippen LogP contribution >= 0.6 is 15.9 Å². The number of hydrogen-bond donors (Lipinski definition) is 1. The van der Waals surface area contributed by atoms with Crippen molar-refractivity contribution >= 4 is 21.8 Å². The van der Waals surface area contributed by atoms with Gasteiger partial charge in [-0.05, 0) is 48.5 Å². The second-order valence-corrected chi connectivity index (χ2v) is 6.88. The predicted octanol–water partition coefficient (Wildman–Crippen LogP) is 2.35. The number of carbonyl (C=O) groups is 1. The lowest BCUT2D eigenvalue weighted by Crippen LogP contribution is -2.51. The summed E-state index contributed by atoms with van der Waals surface area (Å²) in [6, 6.07) is -0.112. The van der Waals surface area contributed by atoms with Crippen LogP contribution in [0.1, 0.15) is 42.6 Å². The lowest BCUT2D eigenvalue weighted by molar-refractivity contribution is -0.0224. The lowest BCUT2D eigenvalue weighted by Gasteiger charge is -2.37. The smallest absolute Gasteiger partial charge is 0.256 e. The van der Waals surface area contributed by atoms with Gasteiger partial charge in [0.25, 0.3) is 5.91 Å². The molecule has 2 aliphatic rings. The van der Waals surface area contributed by atoms with E-state index < -0.39 is 5.60 Å². The number of halogens is 1. The van der Waals surface area contributed by atoms with Gasteiger partial charge in [0.1, 0.15) is 0 Å². The van der Waals surface area contributed by atoms with Crippen molar-refractivity contribution in [3.8, 4) is 0 Å². The zero-order valence-corrected chi connectivity index (χ0v) is 12.6.